The molecule has 0 aliphatic carbocycles. The van der Waals surface area contributed by atoms with Crippen molar-refractivity contribution in [1.29, 1.82) is 0 Å². The lowest BCUT2D eigenvalue weighted by atomic mass is 9.93. The van der Waals surface area contributed by atoms with Crippen LogP contribution in [0, 0.1) is 5.92 Å². The van der Waals surface area contributed by atoms with Crippen LogP contribution < -0.4 is 4.73 Å². The monoisotopic (exact) mass is 239 g/mol. The van der Waals surface area contributed by atoms with Gasteiger partial charge < -0.3 is 5.21 Å². The molecule has 1 aromatic rings. The third kappa shape index (κ3) is 3.41. The molecule has 4 nitrogen and oxygen atoms in total. The summed E-state index contributed by atoms with van der Waals surface area (Å²) in [5, 5.41) is 21.1. The number of hydrogen-bond acceptors (Lipinski definition) is 3. The molecular weight excluding hydrogens is 216 g/mol. The van der Waals surface area contributed by atoms with Crippen molar-refractivity contribution < 1.29 is 15.1 Å². The first-order valence-electron chi connectivity index (χ1n) is 5.92. The van der Waals surface area contributed by atoms with E-state index < -0.39 is 0 Å². The molecule has 1 heterocycles. The quantitative estimate of drug-likeness (QED) is 0.484. The van der Waals surface area contributed by atoms with E-state index in [-0.39, 0.29) is 17.5 Å². The van der Waals surface area contributed by atoms with Crippen LogP contribution in [0.15, 0.2) is 24.5 Å². The first-order valence-corrected chi connectivity index (χ1v) is 5.92. The van der Waals surface area contributed by atoms with Gasteiger partial charge >= 0.3 is 0 Å². The maximum atomic E-state index is 10.3. The van der Waals surface area contributed by atoms with E-state index in [9.17, 15) is 10.4 Å². The zero-order chi connectivity index (χ0) is 13.2. The van der Waals surface area contributed by atoms with E-state index in [4.69, 9.17) is 0 Å². The largest absolute Gasteiger partial charge is 0.313 e. The Morgan fingerprint density at radius 3 is 2.29 bits per heavy atom. The molecule has 0 aliphatic rings. The molecule has 0 aliphatic heterocycles. The number of rotatable bonds is 3. The van der Waals surface area contributed by atoms with Crippen LogP contribution in [0.25, 0.3) is 0 Å². The van der Waals surface area contributed by atoms with Crippen LogP contribution in [0.2, 0.25) is 0 Å². The van der Waals surface area contributed by atoms with E-state index >= 15 is 0 Å². The standard InChI is InChI=1S/C13H23N2O2/c1-10(2)12(15(17)13(3,4)5)11-7-6-8-14(16)9-11/h6-10,12,16-17H,1-5H3/q+1. The second-order valence-corrected chi connectivity index (χ2v) is 5.72. The minimum atomic E-state index is -0.342. The van der Waals surface area contributed by atoms with Crippen molar-refractivity contribution in [3.63, 3.8) is 0 Å². The Morgan fingerprint density at radius 1 is 1.29 bits per heavy atom. The number of hydroxylamine groups is 2. The fourth-order valence-corrected chi connectivity index (χ4v) is 1.88. The first-order chi connectivity index (χ1) is 7.73. The van der Waals surface area contributed by atoms with Crippen LogP contribution in [0.4, 0.5) is 0 Å². The van der Waals surface area contributed by atoms with Gasteiger partial charge in [0, 0.05) is 21.9 Å². The number of aromatic nitrogens is 1. The second kappa shape index (κ2) is 5.02. The Morgan fingerprint density at radius 2 is 1.88 bits per heavy atom. The molecule has 0 saturated heterocycles. The topological polar surface area (TPSA) is 47.6 Å². The molecule has 4 heteroatoms. The van der Waals surface area contributed by atoms with E-state index in [1.54, 1.807) is 18.5 Å². The Bertz CT molecular complexity index is 372. The number of nitrogens with zero attached hydrogens (tertiary/aromatic N) is 2. The highest BCUT2D eigenvalue weighted by Crippen LogP contribution is 2.31. The molecule has 96 valence electrons. The van der Waals surface area contributed by atoms with E-state index in [2.05, 4.69) is 0 Å². The molecule has 2 N–H and O–H groups in total. The smallest absolute Gasteiger partial charge is 0.227 e. The fraction of sp³-hybridized carbons (Fsp3) is 0.615. The second-order valence-electron chi connectivity index (χ2n) is 5.72. The maximum Gasteiger partial charge on any atom is 0.227 e. The minimum Gasteiger partial charge on any atom is -0.313 e. The van der Waals surface area contributed by atoms with Crippen LogP contribution in [-0.2, 0) is 0 Å². The van der Waals surface area contributed by atoms with Crippen LogP contribution in [0.3, 0.4) is 0 Å². The van der Waals surface area contributed by atoms with Crippen molar-refractivity contribution in [2.24, 2.45) is 5.92 Å². The summed E-state index contributed by atoms with van der Waals surface area (Å²) in [6.07, 6.45) is 3.18. The van der Waals surface area contributed by atoms with Crippen LogP contribution in [-0.4, -0.2) is 21.0 Å². The molecule has 1 aromatic heterocycles. The van der Waals surface area contributed by atoms with Crippen LogP contribution in [0.5, 0.6) is 0 Å². The summed E-state index contributed by atoms with van der Waals surface area (Å²) in [5.41, 5.74) is 0.549. The van der Waals surface area contributed by atoms with E-state index in [1.165, 1.54) is 5.06 Å². The molecule has 1 atom stereocenters. The average molecular weight is 239 g/mol. The van der Waals surface area contributed by atoms with Gasteiger partial charge in [-0.05, 0) is 32.8 Å². The third-order valence-electron chi connectivity index (χ3n) is 2.73. The molecule has 0 aromatic carbocycles. The van der Waals surface area contributed by atoms with Gasteiger partial charge in [-0.25, -0.2) is 0 Å². The van der Waals surface area contributed by atoms with E-state index in [0.29, 0.717) is 0 Å². The van der Waals surface area contributed by atoms with Gasteiger partial charge in [-0.2, -0.15) is 5.06 Å². The minimum absolute atomic E-state index is 0.144. The van der Waals surface area contributed by atoms with Gasteiger partial charge in [-0.3, -0.25) is 5.21 Å². The maximum absolute atomic E-state index is 10.3. The molecule has 1 unspecified atom stereocenters. The summed E-state index contributed by atoms with van der Waals surface area (Å²) in [6, 6.07) is 3.53. The Hall–Kier alpha value is -1.13. The van der Waals surface area contributed by atoms with Crippen LogP contribution in [0.1, 0.15) is 46.2 Å². The van der Waals surface area contributed by atoms with Gasteiger partial charge in [-0.1, -0.05) is 13.8 Å². The lowest BCUT2D eigenvalue weighted by Crippen LogP contribution is -2.44. The zero-order valence-corrected chi connectivity index (χ0v) is 11.3. The van der Waals surface area contributed by atoms with Gasteiger partial charge in [-0.15, -0.1) is 0 Å². The van der Waals surface area contributed by atoms with Gasteiger partial charge in [0.2, 0.25) is 12.4 Å². The van der Waals surface area contributed by atoms with Crippen molar-refractivity contribution in [2.75, 3.05) is 0 Å². The average Bonchev–Trinajstić information content (AvgIpc) is 2.15. The molecule has 0 bridgehead atoms. The van der Waals surface area contributed by atoms with Gasteiger partial charge in [0.25, 0.3) is 0 Å². The number of pyridine rings is 1. The predicted molar refractivity (Wildman–Crippen MR) is 64.8 cm³/mol. The van der Waals surface area contributed by atoms with Crippen molar-refractivity contribution in [1.82, 2.24) is 5.06 Å². The van der Waals surface area contributed by atoms with Crippen LogP contribution >= 0.6 is 0 Å². The van der Waals surface area contributed by atoms with Crippen molar-refractivity contribution in [3.8, 4) is 0 Å². The van der Waals surface area contributed by atoms with Gasteiger partial charge in [0.1, 0.15) is 0 Å². The lowest BCUT2D eigenvalue weighted by molar-refractivity contribution is -0.905. The highest BCUT2D eigenvalue weighted by Gasteiger charge is 2.32. The first kappa shape index (κ1) is 13.9. The molecular formula is C13H23N2O2+. The summed E-state index contributed by atoms with van der Waals surface area (Å²) in [5.74, 6) is 0.238. The summed E-state index contributed by atoms with van der Waals surface area (Å²) in [7, 11) is 0. The lowest BCUT2D eigenvalue weighted by Gasteiger charge is -2.38. The summed E-state index contributed by atoms with van der Waals surface area (Å²) < 4.78 is 1.02. The van der Waals surface area contributed by atoms with Crippen molar-refractivity contribution in [3.05, 3.63) is 30.1 Å². The zero-order valence-electron chi connectivity index (χ0n) is 11.3. The molecule has 0 radical (unpaired) electrons. The van der Waals surface area contributed by atoms with Crippen molar-refractivity contribution in [2.45, 2.75) is 46.2 Å². The molecule has 0 spiro atoms. The molecule has 17 heavy (non-hydrogen) atoms. The predicted octanol–water partition coefficient (Wildman–Crippen LogP) is 2.40. The third-order valence-corrected chi connectivity index (χ3v) is 2.73. The van der Waals surface area contributed by atoms with E-state index in [0.717, 1.165) is 10.3 Å². The Labute approximate surface area is 103 Å². The number of hydrogen-bond donors (Lipinski definition) is 2. The molecule has 0 saturated carbocycles. The Kier molecular flexibility index (Phi) is 4.11. The van der Waals surface area contributed by atoms with E-state index in [1.807, 2.05) is 40.7 Å². The van der Waals surface area contributed by atoms with Crippen molar-refractivity contribution >= 4 is 0 Å². The molecule has 0 fully saturated rings. The SMILES string of the molecule is CC(C)C(c1ccc[n+](O)c1)N(O)C(C)(C)C. The summed E-state index contributed by atoms with van der Waals surface area (Å²) in [6.45, 7) is 9.97. The normalized spacial score (nSPS) is 14.4. The summed E-state index contributed by atoms with van der Waals surface area (Å²) >= 11 is 0. The fourth-order valence-electron chi connectivity index (χ4n) is 1.88. The van der Waals surface area contributed by atoms with Gasteiger partial charge in [0.05, 0.1) is 6.04 Å². The highest BCUT2D eigenvalue weighted by atomic mass is 16.5. The molecule has 0 amide bonds. The van der Waals surface area contributed by atoms with Gasteiger partial charge in [0.15, 0.2) is 0 Å². The Balaban J connectivity index is 3.10. The molecule has 1 rings (SSSR count). The highest BCUT2D eigenvalue weighted by molar-refractivity contribution is 5.12. The summed E-state index contributed by atoms with van der Waals surface area (Å²) in [4.78, 5) is 0.